The van der Waals surface area contributed by atoms with Crippen molar-refractivity contribution in [2.24, 2.45) is 5.92 Å². The Morgan fingerprint density at radius 3 is 2.69 bits per heavy atom. The molecule has 0 bridgehead atoms. The summed E-state index contributed by atoms with van der Waals surface area (Å²) in [5.74, 6) is 0.367. The van der Waals surface area contributed by atoms with Gasteiger partial charge in [0.1, 0.15) is 6.04 Å². The Bertz CT molecular complexity index is 162. The summed E-state index contributed by atoms with van der Waals surface area (Å²) in [6, 6.07) is -0.733. The van der Waals surface area contributed by atoms with Crippen LogP contribution in [0.1, 0.15) is 39.0 Å². The van der Waals surface area contributed by atoms with Crippen LogP contribution in [0.4, 0.5) is 0 Å². The van der Waals surface area contributed by atoms with Crippen LogP contribution in [-0.2, 0) is 9.53 Å². The summed E-state index contributed by atoms with van der Waals surface area (Å²) in [4.78, 5) is 10.9. The van der Waals surface area contributed by atoms with Crippen LogP contribution in [0.15, 0.2) is 0 Å². The van der Waals surface area contributed by atoms with E-state index < -0.39 is 12.0 Å². The second-order valence-electron chi connectivity index (χ2n) is 3.83. The Morgan fingerprint density at radius 2 is 2.15 bits per heavy atom. The Kier molecular flexibility index (Phi) is 4.22. The largest absolute Gasteiger partial charge is 0.464 e. The van der Waals surface area contributed by atoms with Crippen molar-refractivity contribution < 1.29 is 9.53 Å². The van der Waals surface area contributed by atoms with Crippen molar-refractivity contribution >= 4 is 5.97 Å². The minimum absolute atomic E-state index is 0.391. The molecular formula is C10H18NO2. The van der Waals surface area contributed by atoms with E-state index in [0.717, 1.165) is 12.3 Å². The van der Waals surface area contributed by atoms with E-state index in [1.807, 2.05) is 0 Å². The molecule has 13 heavy (non-hydrogen) atoms. The van der Waals surface area contributed by atoms with Gasteiger partial charge in [0.2, 0.25) is 0 Å². The fourth-order valence-electron chi connectivity index (χ4n) is 1.75. The molecule has 1 aliphatic rings. The third kappa shape index (κ3) is 3.77. The van der Waals surface area contributed by atoms with Gasteiger partial charge in [-0.1, -0.05) is 25.7 Å². The number of carbonyl (C=O) groups excluding carboxylic acids is 1. The Balaban J connectivity index is 2.03. The number of rotatable bonds is 4. The Morgan fingerprint density at radius 1 is 1.54 bits per heavy atom. The van der Waals surface area contributed by atoms with Gasteiger partial charge in [-0.15, -0.1) is 0 Å². The van der Waals surface area contributed by atoms with Gasteiger partial charge in [0.15, 0.2) is 0 Å². The molecule has 0 saturated heterocycles. The lowest BCUT2D eigenvalue weighted by atomic mass is 10.1. The van der Waals surface area contributed by atoms with Gasteiger partial charge in [0, 0.05) is 0 Å². The maximum Gasteiger partial charge on any atom is 0.324 e. The highest BCUT2D eigenvalue weighted by atomic mass is 16.5. The molecule has 1 fully saturated rings. The molecule has 0 aliphatic heterocycles. The van der Waals surface area contributed by atoms with E-state index in [9.17, 15) is 4.79 Å². The molecule has 0 aromatic heterocycles. The minimum Gasteiger partial charge on any atom is -0.464 e. The third-order valence-electron chi connectivity index (χ3n) is 2.60. The smallest absolute Gasteiger partial charge is 0.324 e. The van der Waals surface area contributed by atoms with E-state index in [-0.39, 0.29) is 0 Å². The van der Waals surface area contributed by atoms with Gasteiger partial charge >= 0.3 is 5.97 Å². The third-order valence-corrected chi connectivity index (χ3v) is 2.60. The molecule has 1 saturated carbocycles. The average Bonchev–Trinajstić information content (AvgIpc) is 2.56. The number of esters is 1. The minimum atomic E-state index is -0.733. The summed E-state index contributed by atoms with van der Waals surface area (Å²) in [5.41, 5.74) is 7.10. The van der Waals surface area contributed by atoms with Crippen molar-refractivity contribution in [3.8, 4) is 0 Å². The maximum atomic E-state index is 10.9. The molecule has 0 aromatic carbocycles. The quantitative estimate of drug-likeness (QED) is 0.625. The summed E-state index contributed by atoms with van der Waals surface area (Å²) in [6.45, 7) is 2.05. The number of nitrogens with one attached hydrogen (secondary N) is 1. The summed E-state index contributed by atoms with van der Waals surface area (Å²) >= 11 is 0. The van der Waals surface area contributed by atoms with Crippen LogP contribution in [-0.4, -0.2) is 18.6 Å². The lowest BCUT2D eigenvalue weighted by molar-refractivity contribution is -0.145. The van der Waals surface area contributed by atoms with Crippen LogP contribution < -0.4 is 5.73 Å². The van der Waals surface area contributed by atoms with Crippen LogP contribution >= 0.6 is 0 Å². The Hall–Kier alpha value is -0.570. The first kappa shape index (κ1) is 10.5. The van der Waals surface area contributed by atoms with Gasteiger partial charge < -0.3 is 4.74 Å². The van der Waals surface area contributed by atoms with Gasteiger partial charge in [-0.25, -0.2) is 5.73 Å². The molecule has 3 nitrogen and oxygen atoms in total. The van der Waals surface area contributed by atoms with E-state index in [2.05, 4.69) is 0 Å². The monoisotopic (exact) mass is 184 g/mol. The highest BCUT2D eigenvalue weighted by Crippen LogP contribution is 2.27. The zero-order valence-corrected chi connectivity index (χ0v) is 8.21. The fraction of sp³-hybridized carbons (Fsp3) is 0.900. The van der Waals surface area contributed by atoms with E-state index >= 15 is 0 Å². The van der Waals surface area contributed by atoms with Crippen molar-refractivity contribution in [2.45, 2.75) is 45.1 Å². The van der Waals surface area contributed by atoms with Crippen molar-refractivity contribution in [3.05, 3.63) is 0 Å². The molecule has 1 N–H and O–H groups in total. The predicted octanol–water partition coefficient (Wildman–Crippen LogP) is 1.78. The standard InChI is InChI=1S/C10H18NO2/c1-8(11)10(12)13-7-6-9-4-2-3-5-9/h8-9,11H,2-7H2,1H3. The first-order valence-corrected chi connectivity index (χ1v) is 5.08. The first-order valence-electron chi connectivity index (χ1n) is 5.08. The number of carbonyl (C=O) groups is 1. The average molecular weight is 184 g/mol. The molecule has 1 unspecified atom stereocenters. The summed E-state index contributed by atoms with van der Waals surface area (Å²) in [5, 5.41) is 0. The molecule has 1 radical (unpaired) electrons. The SMILES string of the molecule is CC([NH])C(=O)OCCC1CCCC1. The molecule has 75 valence electrons. The molecule has 1 aliphatic carbocycles. The van der Waals surface area contributed by atoms with Crippen LogP contribution in [0.3, 0.4) is 0 Å². The Labute approximate surface area is 79.6 Å². The molecule has 1 atom stereocenters. The second-order valence-corrected chi connectivity index (χ2v) is 3.83. The number of hydrogen-bond acceptors (Lipinski definition) is 2. The van der Waals surface area contributed by atoms with Crippen LogP contribution in [0, 0.1) is 5.92 Å². The van der Waals surface area contributed by atoms with E-state index in [0.29, 0.717) is 6.61 Å². The van der Waals surface area contributed by atoms with Gasteiger partial charge in [0.05, 0.1) is 6.61 Å². The number of ether oxygens (including phenoxy) is 1. The molecular weight excluding hydrogens is 166 g/mol. The van der Waals surface area contributed by atoms with Gasteiger partial charge in [-0.2, -0.15) is 0 Å². The lowest BCUT2D eigenvalue weighted by Gasteiger charge is -2.10. The van der Waals surface area contributed by atoms with E-state index in [1.54, 1.807) is 0 Å². The molecule has 3 heteroatoms. The van der Waals surface area contributed by atoms with Crippen molar-refractivity contribution in [3.63, 3.8) is 0 Å². The van der Waals surface area contributed by atoms with Gasteiger partial charge in [-0.3, -0.25) is 4.79 Å². The van der Waals surface area contributed by atoms with Gasteiger partial charge in [-0.05, 0) is 19.3 Å². The fourth-order valence-corrected chi connectivity index (χ4v) is 1.75. The molecule has 0 amide bonds. The summed E-state index contributed by atoms with van der Waals surface area (Å²) in [6.07, 6.45) is 6.21. The van der Waals surface area contributed by atoms with Gasteiger partial charge in [0.25, 0.3) is 0 Å². The second kappa shape index (κ2) is 5.22. The molecule has 0 spiro atoms. The number of hydrogen-bond donors (Lipinski definition) is 0. The first-order chi connectivity index (χ1) is 6.20. The van der Waals surface area contributed by atoms with E-state index in [1.165, 1.54) is 32.6 Å². The summed E-state index contributed by atoms with van der Waals surface area (Å²) in [7, 11) is 0. The summed E-state index contributed by atoms with van der Waals surface area (Å²) < 4.78 is 4.94. The zero-order valence-electron chi connectivity index (χ0n) is 8.21. The molecule has 0 heterocycles. The predicted molar refractivity (Wildman–Crippen MR) is 50.1 cm³/mol. The van der Waals surface area contributed by atoms with Crippen LogP contribution in [0.2, 0.25) is 0 Å². The topological polar surface area (TPSA) is 50.1 Å². The molecule has 1 rings (SSSR count). The van der Waals surface area contributed by atoms with Crippen molar-refractivity contribution in [1.82, 2.24) is 5.73 Å². The van der Waals surface area contributed by atoms with E-state index in [4.69, 9.17) is 10.5 Å². The van der Waals surface area contributed by atoms with Crippen LogP contribution in [0.5, 0.6) is 0 Å². The maximum absolute atomic E-state index is 10.9. The van der Waals surface area contributed by atoms with Crippen LogP contribution in [0.25, 0.3) is 0 Å². The highest BCUT2D eigenvalue weighted by Gasteiger charge is 2.16. The zero-order chi connectivity index (χ0) is 9.68. The normalized spacial score (nSPS) is 20.2. The van der Waals surface area contributed by atoms with Crippen molar-refractivity contribution in [1.29, 1.82) is 0 Å². The molecule has 0 aromatic rings. The highest BCUT2D eigenvalue weighted by molar-refractivity contribution is 5.74. The van der Waals surface area contributed by atoms with Crippen molar-refractivity contribution in [2.75, 3.05) is 6.61 Å². The lowest BCUT2D eigenvalue weighted by Crippen LogP contribution is -2.21.